The van der Waals surface area contributed by atoms with E-state index in [0.29, 0.717) is 6.61 Å². The summed E-state index contributed by atoms with van der Waals surface area (Å²) in [7, 11) is 0. The van der Waals surface area contributed by atoms with Crippen LogP contribution in [0.1, 0.15) is 31.2 Å². The van der Waals surface area contributed by atoms with Gasteiger partial charge in [0.05, 0.1) is 6.61 Å². The molecule has 2 heterocycles. The molecule has 1 saturated carbocycles. The fourth-order valence-corrected chi connectivity index (χ4v) is 2.95. The molecule has 0 bridgehead atoms. The quantitative estimate of drug-likeness (QED) is 0.789. The Labute approximate surface area is 134 Å². The third-order valence-corrected chi connectivity index (χ3v) is 4.15. The Kier molecular flexibility index (Phi) is 4.88. The SMILES string of the molecule is O=C(NCc1cccnc1)C(=O)NCC1COC2(CCCC2)O1. The first-order valence-electron chi connectivity index (χ1n) is 7.94. The first-order chi connectivity index (χ1) is 11.2. The molecule has 1 saturated heterocycles. The molecule has 3 rings (SSSR count). The summed E-state index contributed by atoms with van der Waals surface area (Å²) in [5, 5.41) is 5.16. The molecule has 2 N–H and O–H groups in total. The maximum atomic E-state index is 11.8. The normalized spacial score (nSPS) is 22.2. The third-order valence-electron chi connectivity index (χ3n) is 4.15. The average Bonchev–Trinajstić information content (AvgIpc) is 3.21. The van der Waals surface area contributed by atoms with Crippen molar-refractivity contribution < 1.29 is 19.1 Å². The number of amides is 2. The van der Waals surface area contributed by atoms with E-state index in [1.807, 2.05) is 6.07 Å². The number of nitrogens with zero attached hydrogens (tertiary/aromatic N) is 1. The summed E-state index contributed by atoms with van der Waals surface area (Å²) < 4.78 is 11.6. The van der Waals surface area contributed by atoms with Crippen LogP contribution in [0.4, 0.5) is 0 Å². The maximum Gasteiger partial charge on any atom is 0.309 e. The van der Waals surface area contributed by atoms with Gasteiger partial charge in [0, 0.05) is 38.3 Å². The summed E-state index contributed by atoms with van der Waals surface area (Å²) >= 11 is 0. The Balaban J connectivity index is 1.38. The summed E-state index contributed by atoms with van der Waals surface area (Å²) in [4.78, 5) is 27.5. The number of ether oxygens (including phenoxy) is 2. The summed E-state index contributed by atoms with van der Waals surface area (Å²) in [6.45, 7) is 1.00. The maximum absolute atomic E-state index is 11.8. The molecule has 1 aliphatic heterocycles. The predicted molar refractivity (Wildman–Crippen MR) is 81.1 cm³/mol. The van der Waals surface area contributed by atoms with Crippen LogP contribution >= 0.6 is 0 Å². The smallest absolute Gasteiger partial charge is 0.309 e. The number of pyridine rings is 1. The number of hydrogen-bond donors (Lipinski definition) is 2. The first kappa shape index (κ1) is 15.9. The van der Waals surface area contributed by atoms with Crippen molar-refractivity contribution in [1.82, 2.24) is 15.6 Å². The molecule has 2 aliphatic rings. The largest absolute Gasteiger partial charge is 0.347 e. The van der Waals surface area contributed by atoms with E-state index >= 15 is 0 Å². The highest BCUT2D eigenvalue weighted by molar-refractivity contribution is 6.35. The van der Waals surface area contributed by atoms with Gasteiger partial charge in [-0.25, -0.2) is 0 Å². The van der Waals surface area contributed by atoms with E-state index < -0.39 is 17.6 Å². The first-order valence-corrected chi connectivity index (χ1v) is 7.94. The minimum atomic E-state index is -0.664. The lowest BCUT2D eigenvalue weighted by Gasteiger charge is -2.21. The van der Waals surface area contributed by atoms with Crippen LogP contribution in [0.5, 0.6) is 0 Å². The molecule has 7 nitrogen and oxygen atoms in total. The fraction of sp³-hybridized carbons (Fsp3) is 0.562. The minimum Gasteiger partial charge on any atom is -0.347 e. The molecule has 1 aromatic heterocycles. The van der Waals surface area contributed by atoms with Gasteiger partial charge in [-0.2, -0.15) is 0 Å². The van der Waals surface area contributed by atoms with Crippen molar-refractivity contribution in [3.05, 3.63) is 30.1 Å². The van der Waals surface area contributed by atoms with Gasteiger partial charge in [-0.1, -0.05) is 6.07 Å². The molecule has 1 spiro atoms. The molecule has 1 unspecified atom stereocenters. The second-order valence-electron chi connectivity index (χ2n) is 5.92. The van der Waals surface area contributed by atoms with E-state index in [4.69, 9.17) is 9.47 Å². The van der Waals surface area contributed by atoms with E-state index in [0.717, 1.165) is 31.2 Å². The Hall–Kier alpha value is -1.99. The molecule has 0 aromatic carbocycles. The zero-order valence-corrected chi connectivity index (χ0v) is 12.9. The molecule has 1 aliphatic carbocycles. The monoisotopic (exact) mass is 319 g/mol. The number of aromatic nitrogens is 1. The summed E-state index contributed by atoms with van der Waals surface area (Å²) in [6, 6.07) is 3.60. The fourth-order valence-electron chi connectivity index (χ4n) is 2.95. The molecule has 23 heavy (non-hydrogen) atoms. The number of nitrogens with one attached hydrogen (secondary N) is 2. The molecule has 2 amide bonds. The van der Waals surface area contributed by atoms with Crippen molar-refractivity contribution in [3.63, 3.8) is 0 Å². The van der Waals surface area contributed by atoms with Gasteiger partial charge >= 0.3 is 11.8 Å². The number of carbonyl (C=O) groups excluding carboxylic acids is 2. The molecule has 2 fully saturated rings. The second kappa shape index (κ2) is 7.06. The lowest BCUT2D eigenvalue weighted by Crippen LogP contribution is -2.43. The van der Waals surface area contributed by atoms with Crippen LogP contribution in [0.15, 0.2) is 24.5 Å². The van der Waals surface area contributed by atoms with Gasteiger partial charge in [-0.05, 0) is 24.5 Å². The Bertz CT molecular complexity index is 558. The molecule has 1 aromatic rings. The highest BCUT2D eigenvalue weighted by atomic mass is 16.7. The van der Waals surface area contributed by atoms with Crippen molar-refractivity contribution in [3.8, 4) is 0 Å². The van der Waals surface area contributed by atoms with Gasteiger partial charge in [0.2, 0.25) is 0 Å². The van der Waals surface area contributed by atoms with Crippen molar-refractivity contribution >= 4 is 11.8 Å². The lowest BCUT2D eigenvalue weighted by atomic mass is 10.2. The Morgan fingerprint density at radius 3 is 2.78 bits per heavy atom. The third kappa shape index (κ3) is 4.05. The number of hydrogen-bond acceptors (Lipinski definition) is 5. The molecule has 0 radical (unpaired) electrons. The lowest BCUT2D eigenvalue weighted by molar-refractivity contribution is -0.161. The van der Waals surface area contributed by atoms with E-state index in [1.165, 1.54) is 0 Å². The molecular formula is C16H21N3O4. The molecule has 7 heteroatoms. The summed E-state index contributed by atoms with van der Waals surface area (Å²) in [6.07, 6.45) is 7.13. The van der Waals surface area contributed by atoms with Crippen LogP contribution in [-0.4, -0.2) is 41.8 Å². The molecular weight excluding hydrogens is 298 g/mol. The Morgan fingerprint density at radius 2 is 2.04 bits per heavy atom. The van der Waals surface area contributed by atoms with Gasteiger partial charge in [0.15, 0.2) is 5.79 Å². The highest BCUT2D eigenvalue weighted by Gasteiger charge is 2.43. The van der Waals surface area contributed by atoms with Crippen LogP contribution < -0.4 is 10.6 Å². The second-order valence-corrected chi connectivity index (χ2v) is 5.92. The Morgan fingerprint density at radius 1 is 1.26 bits per heavy atom. The van der Waals surface area contributed by atoms with Crippen LogP contribution in [-0.2, 0) is 25.6 Å². The van der Waals surface area contributed by atoms with Gasteiger partial charge in [0.25, 0.3) is 0 Å². The number of carbonyl (C=O) groups is 2. The van der Waals surface area contributed by atoms with Gasteiger partial charge < -0.3 is 20.1 Å². The zero-order valence-electron chi connectivity index (χ0n) is 12.9. The van der Waals surface area contributed by atoms with Gasteiger partial charge in [0.1, 0.15) is 6.10 Å². The van der Waals surface area contributed by atoms with Crippen molar-refractivity contribution in [1.29, 1.82) is 0 Å². The van der Waals surface area contributed by atoms with Crippen LogP contribution in [0.25, 0.3) is 0 Å². The van der Waals surface area contributed by atoms with Crippen molar-refractivity contribution in [2.45, 2.75) is 44.1 Å². The van der Waals surface area contributed by atoms with E-state index in [-0.39, 0.29) is 19.2 Å². The van der Waals surface area contributed by atoms with Gasteiger partial charge in [-0.3, -0.25) is 14.6 Å². The average molecular weight is 319 g/mol. The van der Waals surface area contributed by atoms with Crippen LogP contribution in [0.3, 0.4) is 0 Å². The molecule has 1 atom stereocenters. The minimum absolute atomic E-state index is 0.192. The van der Waals surface area contributed by atoms with E-state index in [2.05, 4.69) is 15.6 Å². The van der Waals surface area contributed by atoms with Crippen molar-refractivity contribution in [2.75, 3.05) is 13.2 Å². The highest BCUT2D eigenvalue weighted by Crippen LogP contribution is 2.38. The topological polar surface area (TPSA) is 89.6 Å². The van der Waals surface area contributed by atoms with E-state index in [9.17, 15) is 9.59 Å². The van der Waals surface area contributed by atoms with Crippen LogP contribution in [0.2, 0.25) is 0 Å². The molecule has 124 valence electrons. The van der Waals surface area contributed by atoms with Crippen molar-refractivity contribution in [2.24, 2.45) is 0 Å². The number of rotatable bonds is 4. The zero-order chi connectivity index (χ0) is 16.1. The van der Waals surface area contributed by atoms with Gasteiger partial charge in [-0.15, -0.1) is 0 Å². The standard InChI is InChI=1S/C16H21N3O4/c20-14(18-9-12-4-3-7-17-8-12)15(21)19-10-13-11-22-16(23-13)5-1-2-6-16/h3-4,7-8,13H,1-2,5-6,9-11H2,(H,18,20)(H,19,21). The van der Waals surface area contributed by atoms with E-state index in [1.54, 1.807) is 18.5 Å². The predicted octanol–water partition coefficient (Wildman–Crippen LogP) is 0.500. The summed E-state index contributed by atoms with van der Waals surface area (Å²) in [5.74, 6) is -1.77. The van der Waals surface area contributed by atoms with Crippen LogP contribution in [0, 0.1) is 0 Å². The summed E-state index contributed by atoms with van der Waals surface area (Å²) in [5.41, 5.74) is 0.837.